The normalized spacial score (nSPS) is 15.1. The molecule has 5 heteroatoms. The van der Waals surface area contributed by atoms with Crippen LogP contribution in [0.2, 0.25) is 0 Å². The summed E-state index contributed by atoms with van der Waals surface area (Å²) in [7, 11) is -3.75. The first-order valence-corrected chi connectivity index (χ1v) is 4.71. The summed E-state index contributed by atoms with van der Waals surface area (Å²) in [6.45, 7) is 3.71. The molecule has 0 rings (SSSR count). The average molecular weight is 165 g/mol. The highest BCUT2D eigenvalue weighted by Crippen LogP contribution is 1.94. The van der Waals surface area contributed by atoms with Gasteiger partial charge < -0.3 is 0 Å². The van der Waals surface area contributed by atoms with Crippen molar-refractivity contribution in [3.05, 3.63) is 0 Å². The quantitative estimate of drug-likeness (QED) is 0.650. The van der Waals surface area contributed by atoms with Gasteiger partial charge in [-0.1, -0.05) is 13.3 Å². The lowest BCUT2D eigenvalue weighted by Crippen LogP contribution is -2.32. The third kappa shape index (κ3) is 6.00. The summed E-state index contributed by atoms with van der Waals surface area (Å²) in [6, 6.07) is -0.118. The summed E-state index contributed by atoms with van der Waals surface area (Å²) in [5.41, 5.74) is 0. The van der Waals surface area contributed by atoms with Gasteiger partial charge in [0.15, 0.2) is 0 Å². The second kappa shape index (κ2) is 3.90. The molecule has 0 heterocycles. The molecule has 4 nitrogen and oxygen atoms in total. The van der Waals surface area contributed by atoms with Crippen LogP contribution >= 0.6 is 0 Å². The minimum absolute atomic E-state index is 0.118. The Bertz CT molecular complexity index is 176. The second-order valence-electron chi connectivity index (χ2n) is 2.31. The molecule has 0 aliphatic rings. The van der Waals surface area contributed by atoms with Gasteiger partial charge in [-0.2, -0.15) is 13.1 Å². The van der Waals surface area contributed by atoms with E-state index in [1.165, 1.54) is 0 Å². The maximum atomic E-state index is 10.3. The fraction of sp³-hybridized carbons (Fsp3) is 1.00. The third-order valence-corrected chi connectivity index (χ3v) is 1.79. The van der Waals surface area contributed by atoms with Gasteiger partial charge in [0.25, 0.3) is 10.2 Å². The van der Waals surface area contributed by atoms with Gasteiger partial charge in [-0.3, -0.25) is 0 Å². The Morgan fingerprint density at radius 2 is 2.10 bits per heavy atom. The van der Waals surface area contributed by atoms with Crippen LogP contribution in [0.15, 0.2) is 0 Å². The van der Waals surface area contributed by atoms with Gasteiger partial charge in [-0.15, -0.1) is 5.14 Å². The van der Waals surface area contributed by atoms with Crippen LogP contribution in [0.25, 0.3) is 0 Å². The molecular formula is C5H13N2O2S. The van der Waals surface area contributed by atoms with Crippen molar-refractivity contribution in [3.8, 4) is 0 Å². The highest BCUT2D eigenvalue weighted by Gasteiger charge is 2.07. The minimum Gasteiger partial charge on any atom is -0.198 e. The fourth-order valence-electron chi connectivity index (χ4n) is 0.757. The first-order valence-electron chi connectivity index (χ1n) is 3.22. The van der Waals surface area contributed by atoms with Gasteiger partial charge in [0.2, 0.25) is 0 Å². The van der Waals surface area contributed by atoms with Crippen LogP contribution < -0.4 is 9.86 Å². The lowest BCUT2D eigenvalue weighted by Gasteiger charge is -2.08. The summed E-state index contributed by atoms with van der Waals surface area (Å²) < 4.78 is 22.7. The lowest BCUT2D eigenvalue weighted by molar-refractivity contribution is 0.544. The molecule has 0 fully saturated rings. The smallest absolute Gasteiger partial charge is 0.198 e. The monoisotopic (exact) mass is 165 g/mol. The summed E-state index contributed by atoms with van der Waals surface area (Å²) in [5.74, 6) is 0. The average Bonchev–Trinajstić information content (AvgIpc) is 1.59. The summed E-state index contributed by atoms with van der Waals surface area (Å²) >= 11 is 0. The molecular weight excluding hydrogens is 152 g/mol. The van der Waals surface area contributed by atoms with Crippen molar-refractivity contribution in [1.82, 2.24) is 9.86 Å². The molecule has 61 valence electrons. The van der Waals surface area contributed by atoms with E-state index in [9.17, 15) is 8.42 Å². The first-order chi connectivity index (χ1) is 4.45. The van der Waals surface area contributed by atoms with E-state index < -0.39 is 10.2 Å². The molecule has 1 atom stereocenters. The van der Waals surface area contributed by atoms with Gasteiger partial charge in [0, 0.05) is 6.04 Å². The van der Waals surface area contributed by atoms with Crippen molar-refractivity contribution < 1.29 is 8.42 Å². The van der Waals surface area contributed by atoms with E-state index in [0.29, 0.717) is 0 Å². The molecule has 1 radical (unpaired) electrons. The molecule has 0 aromatic rings. The minimum atomic E-state index is -3.75. The topological polar surface area (TPSA) is 70.0 Å². The molecule has 0 saturated carbocycles. The molecule has 0 aliphatic carbocycles. The standard InChI is InChI=1S/C5H13N2O2S/c1-3-4-5(2)7-10(6,8)9/h5-7H,3-4H2,1-2H3. The van der Waals surface area contributed by atoms with Crippen molar-refractivity contribution >= 4 is 10.2 Å². The predicted octanol–water partition coefficient (Wildman–Crippen LogP) is 0.292. The van der Waals surface area contributed by atoms with E-state index >= 15 is 0 Å². The highest BCUT2D eigenvalue weighted by atomic mass is 32.2. The number of rotatable bonds is 4. The fourth-order valence-corrected chi connectivity index (χ4v) is 1.40. The molecule has 0 saturated heterocycles. The van der Waals surface area contributed by atoms with Crippen LogP contribution in [0.4, 0.5) is 0 Å². The van der Waals surface area contributed by atoms with Gasteiger partial charge in [0.1, 0.15) is 0 Å². The SMILES string of the molecule is CCCC(C)NS([NH])(=O)=O. The Labute approximate surface area is 62.0 Å². The van der Waals surface area contributed by atoms with E-state index in [1.54, 1.807) is 6.92 Å². The largest absolute Gasteiger partial charge is 0.290 e. The van der Waals surface area contributed by atoms with Gasteiger partial charge in [-0.25, -0.2) is 0 Å². The van der Waals surface area contributed by atoms with Crippen molar-refractivity contribution in [2.24, 2.45) is 0 Å². The first kappa shape index (κ1) is 9.87. The Hall–Kier alpha value is -0.130. The summed E-state index contributed by atoms with van der Waals surface area (Å²) in [6.07, 6.45) is 1.70. The lowest BCUT2D eigenvalue weighted by atomic mass is 10.2. The van der Waals surface area contributed by atoms with Gasteiger partial charge in [0.05, 0.1) is 0 Å². The predicted molar refractivity (Wildman–Crippen MR) is 39.5 cm³/mol. The summed E-state index contributed by atoms with van der Waals surface area (Å²) in [5, 5.41) is 6.50. The molecule has 10 heavy (non-hydrogen) atoms. The van der Waals surface area contributed by atoms with Gasteiger partial charge >= 0.3 is 0 Å². The van der Waals surface area contributed by atoms with Crippen molar-refractivity contribution in [2.45, 2.75) is 32.7 Å². The van der Waals surface area contributed by atoms with Crippen LogP contribution in [-0.4, -0.2) is 14.5 Å². The van der Waals surface area contributed by atoms with E-state index in [2.05, 4.69) is 4.72 Å². The Balaban J connectivity index is 3.69. The van der Waals surface area contributed by atoms with Crippen LogP contribution in [0.3, 0.4) is 0 Å². The van der Waals surface area contributed by atoms with Crippen LogP contribution in [0.1, 0.15) is 26.7 Å². The maximum Gasteiger partial charge on any atom is 0.290 e. The zero-order valence-corrected chi connectivity index (χ0v) is 7.03. The van der Waals surface area contributed by atoms with Crippen LogP contribution in [0.5, 0.6) is 0 Å². The van der Waals surface area contributed by atoms with E-state index in [0.717, 1.165) is 12.8 Å². The number of nitrogens with one attached hydrogen (secondary N) is 2. The number of hydrogen-bond donors (Lipinski definition) is 1. The zero-order chi connectivity index (χ0) is 8.20. The Morgan fingerprint density at radius 1 is 1.60 bits per heavy atom. The van der Waals surface area contributed by atoms with Crippen molar-refractivity contribution in [3.63, 3.8) is 0 Å². The molecule has 0 aliphatic heterocycles. The molecule has 0 amide bonds. The van der Waals surface area contributed by atoms with Gasteiger partial charge in [-0.05, 0) is 13.3 Å². The third-order valence-electron chi connectivity index (χ3n) is 1.08. The highest BCUT2D eigenvalue weighted by molar-refractivity contribution is 7.86. The van der Waals surface area contributed by atoms with Crippen molar-refractivity contribution in [1.29, 1.82) is 0 Å². The molecule has 1 unspecified atom stereocenters. The molecule has 0 aromatic heterocycles. The second-order valence-corrected chi connectivity index (χ2v) is 3.55. The molecule has 0 aromatic carbocycles. The zero-order valence-electron chi connectivity index (χ0n) is 6.22. The van der Waals surface area contributed by atoms with Crippen LogP contribution in [0, 0.1) is 0 Å². The Morgan fingerprint density at radius 3 is 2.40 bits per heavy atom. The van der Waals surface area contributed by atoms with Crippen LogP contribution in [-0.2, 0) is 10.2 Å². The maximum absolute atomic E-state index is 10.3. The molecule has 0 spiro atoms. The molecule has 0 bridgehead atoms. The van der Waals surface area contributed by atoms with E-state index in [1.807, 2.05) is 6.92 Å². The summed E-state index contributed by atoms with van der Waals surface area (Å²) in [4.78, 5) is 0. The van der Waals surface area contributed by atoms with Crippen molar-refractivity contribution in [2.75, 3.05) is 0 Å². The Kier molecular flexibility index (Phi) is 3.85. The van der Waals surface area contributed by atoms with E-state index in [-0.39, 0.29) is 6.04 Å². The number of hydrogen-bond acceptors (Lipinski definition) is 2. The molecule has 2 N–H and O–H groups in total. The van der Waals surface area contributed by atoms with E-state index in [4.69, 9.17) is 5.14 Å².